The molecule has 0 bridgehead atoms. The Morgan fingerprint density at radius 1 is 1.04 bits per heavy atom. The molecule has 26 heavy (non-hydrogen) atoms. The lowest BCUT2D eigenvalue weighted by molar-refractivity contribution is 0.161. The zero-order valence-corrected chi connectivity index (χ0v) is 18.2. The Kier molecular flexibility index (Phi) is 7.41. The van der Waals surface area contributed by atoms with Crippen LogP contribution in [0.1, 0.15) is 39.5 Å². The molecule has 0 unspecified atom stereocenters. The number of hydrogen-bond acceptors (Lipinski definition) is 2. The van der Waals surface area contributed by atoms with E-state index in [-0.39, 0.29) is 11.1 Å². The van der Waals surface area contributed by atoms with E-state index in [1.54, 1.807) is 0 Å². The molecule has 0 aromatic heterocycles. The Labute approximate surface area is 166 Å². The third-order valence-electron chi connectivity index (χ3n) is 5.16. The minimum atomic E-state index is -2.94. The second-order valence-electron chi connectivity index (χ2n) is 7.59. The van der Waals surface area contributed by atoms with Crippen molar-refractivity contribution in [1.82, 2.24) is 0 Å². The lowest BCUT2D eigenvalue weighted by Gasteiger charge is -2.41. The molecule has 0 fully saturated rings. The number of rotatable bonds is 9. The van der Waals surface area contributed by atoms with Crippen molar-refractivity contribution in [2.45, 2.75) is 50.7 Å². The van der Waals surface area contributed by atoms with E-state index in [4.69, 9.17) is 0 Å². The molecule has 2 rings (SSSR count). The van der Waals surface area contributed by atoms with Gasteiger partial charge in [-0.2, -0.15) is 0 Å². The number of aliphatic hydroxyl groups is 1. The summed E-state index contributed by atoms with van der Waals surface area (Å²) in [5, 5.41) is 11.9. The second-order valence-corrected chi connectivity index (χ2v) is 12.6. The molecule has 0 aliphatic carbocycles. The van der Waals surface area contributed by atoms with Crippen LogP contribution in [-0.4, -0.2) is 24.3 Å². The number of benzene rings is 2. The van der Waals surface area contributed by atoms with Crippen molar-refractivity contribution in [2.75, 3.05) is 0 Å². The van der Waals surface area contributed by atoms with Crippen molar-refractivity contribution in [2.24, 2.45) is 0 Å². The van der Waals surface area contributed by atoms with Crippen LogP contribution in [0.4, 0.5) is 0 Å². The van der Waals surface area contributed by atoms with Crippen LogP contribution in [0.5, 0.6) is 0 Å². The minimum absolute atomic E-state index is 0.263. The number of halogens is 1. The Hall–Kier alpha value is -1.20. The lowest BCUT2D eigenvalue weighted by atomic mass is 10.0. The van der Waals surface area contributed by atoms with E-state index in [0.717, 1.165) is 27.7 Å². The van der Waals surface area contributed by atoms with Crippen LogP contribution < -0.4 is 10.4 Å². The van der Waals surface area contributed by atoms with Crippen LogP contribution in [-0.2, 0) is 0 Å². The Balaban J connectivity index is 2.26. The first-order valence-corrected chi connectivity index (χ1v) is 11.9. The molecule has 0 radical (unpaired) electrons. The molecular formula is C22H29BrO2Si. The third-order valence-corrected chi connectivity index (χ3v) is 10.0. The van der Waals surface area contributed by atoms with Gasteiger partial charge in [0, 0.05) is 6.42 Å². The molecule has 1 atom stereocenters. The van der Waals surface area contributed by atoms with Gasteiger partial charge < -0.3 is 9.90 Å². The van der Waals surface area contributed by atoms with Crippen LogP contribution in [0.15, 0.2) is 71.7 Å². The first-order chi connectivity index (χ1) is 12.3. The summed E-state index contributed by atoms with van der Waals surface area (Å²) >= 11 is 3.31. The van der Waals surface area contributed by atoms with Gasteiger partial charge in [0.25, 0.3) is 8.32 Å². The first-order valence-electron chi connectivity index (χ1n) is 9.12. The van der Waals surface area contributed by atoms with Gasteiger partial charge in [0.1, 0.15) is 0 Å². The highest BCUT2D eigenvalue weighted by atomic mass is 79.9. The zero-order chi connectivity index (χ0) is 19.2. The summed E-state index contributed by atoms with van der Waals surface area (Å²) in [6, 6.07) is 20.1. The molecule has 0 heterocycles. The molecular weight excluding hydrogens is 404 g/mol. The average molecular weight is 433 g/mol. The summed E-state index contributed by atoms with van der Waals surface area (Å²) in [6.07, 6.45) is 2.61. The monoisotopic (exact) mass is 432 g/mol. The van der Waals surface area contributed by atoms with Crippen molar-refractivity contribution in [3.05, 3.63) is 71.7 Å². The van der Waals surface area contributed by atoms with Gasteiger partial charge in [0.15, 0.2) is 0 Å². The molecule has 0 saturated heterocycles. The van der Waals surface area contributed by atoms with Crippen LogP contribution in [0.25, 0.3) is 0 Å². The molecule has 0 spiro atoms. The van der Waals surface area contributed by atoms with E-state index >= 15 is 0 Å². The smallest absolute Gasteiger partial charge is 0.258 e. The van der Waals surface area contributed by atoms with Crippen molar-refractivity contribution < 1.29 is 9.90 Å². The van der Waals surface area contributed by atoms with E-state index in [2.05, 4.69) is 36.4 Å². The Bertz CT molecular complexity index is 661. The summed E-state index contributed by atoms with van der Waals surface area (Å²) in [5.41, 5.74) is 0. The van der Waals surface area contributed by atoms with E-state index in [1.165, 1.54) is 0 Å². The van der Waals surface area contributed by atoms with Crippen LogP contribution in [0.2, 0.25) is 5.04 Å². The summed E-state index contributed by atoms with van der Waals surface area (Å²) in [4.78, 5) is 12.0. The zero-order valence-electron chi connectivity index (χ0n) is 15.7. The maximum absolute atomic E-state index is 12.0. The SMILES string of the molecule is C=C(Br)C[C@H](O)CCCC(C)(C)[Si](O)(c1ccccc1)c1ccccc1. The van der Waals surface area contributed by atoms with Crippen LogP contribution >= 0.6 is 15.9 Å². The topological polar surface area (TPSA) is 40.5 Å². The molecule has 4 heteroatoms. The molecule has 140 valence electrons. The van der Waals surface area contributed by atoms with Gasteiger partial charge in [-0.1, -0.05) is 103 Å². The normalized spacial score (nSPS) is 13.4. The Morgan fingerprint density at radius 3 is 1.92 bits per heavy atom. The van der Waals surface area contributed by atoms with E-state index in [1.807, 2.05) is 60.7 Å². The fourth-order valence-corrected chi connectivity index (χ4v) is 7.78. The summed E-state index contributed by atoms with van der Waals surface area (Å²) in [7, 11) is -2.94. The van der Waals surface area contributed by atoms with Crippen molar-refractivity contribution in [3.8, 4) is 0 Å². The first kappa shape index (κ1) is 21.1. The maximum Gasteiger partial charge on any atom is 0.258 e. The molecule has 0 aliphatic heterocycles. The summed E-state index contributed by atoms with van der Waals surface area (Å²) in [6.45, 7) is 8.12. The van der Waals surface area contributed by atoms with Crippen molar-refractivity contribution in [3.63, 3.8) is 0 Å². The molecule has 2 aromatic rings. The third kappa shape index (κ3) is 4.95. The van der Waals surface area contributed by atoms with Gasteiger partial charge in [0.2, 0.25) is 0 Å². The van der Waals surface area contributed by atoms with E-state index in [0.29, 0.717) is 12.8 Å². The van der Waals surface area contributed by atoms with Crippen LogP contribution in [0.3, 0.4) is 0 Å². The quantitative estimate of drug-likeness (QED) is 0.578. The molecule has 0 amide bonds. The number of hydrogen-bond donors (Lipinski definition) is 2. The highest BCUT2D eigenvalue weighted by Gasteiger charge is 2.49. The largest absolute Gasteiger partial charge is 0.424 e. The van der Waals surface area contributed by atoms with Gasteiger partial charge >= 0.3 is 0 Å². The van der Waals surface area contributed by atoms with Crippen molar-refractivity contribution in [1.29, 1.82) is 0 Å². The maximum atomic E-state index is 12.0. The average Bonchev–Trinajstić information content (AvgIpc) is 2.61. The summed E-state index contributed by atoms with van der Waals surface area (Å²) in [5.74, 6) is 0. The molecule has 2 aromatic carbocycles. The van der Waals surface area contributed by atoms with Crippen LogP contribution in [0, 0.1) is 0 Å². The van der Waals surface area contributed by atoms with Gasteiger partial charge in [-0.25, -0.2) is 0 Å². The fourth-order valence-electron chi connectivity index (χ4n) is 3.63. The summed E-state index contributed by atoms with van der Waals surface area (Å²) < 4.78 is 0.823. The minimum Gasteiger partial charge on any atom is -0.424 e. The standard InChI is InChI=1S/C22H29BrO2Si/c1-18(23)17-19(24)11-10-16-22(2,3)26(25,20-12-6-4-7-13-20)21-14-8-5-9-15-21/h4-9,12-15,19,24-25H,1,10-11,16-17H2,2-3H3/t19-/m1/s1. The molecule has 2 N–H and O–H groups in total. The molecule has 2 nitrogen and oxygen atoms in total. The highest BCUT2D eigenvalue weighted by Crippen LogP contribution is 2.40. The fraction of sp³-hybridized carbons (Fsp3) is 0.364. The Morgan fingerprint density at radius 2 is 1.50 bits per heavy atom. The van der Waals surface area contributed by atoms with Gasteiger partial charge in [-0.3, -0.25) is 0 Å². The highest BCUT2D eigenvalue weighted by molar-refractivity contribution is 9.11. The van der Waals surface area contributed by atoms with E-state index < -0.39 is 8.32 Å². The lowest BCUT2D eigenvalue weighted by Crippen LogP contribution is -2.65. The second kappa shape index (κ2) is 9.13. The number of aliphatic hydroxyl groups excluding tert-OH is 1. The predicted octanol–water partition coefficient (Wildman–Crippen LogP) is 4.35. The van der Waals surface area contributed by atoms with Gasteiger partial charge in [0.05, 0.1) is 6.10 Å². The van der Waals surface area contributed by atoms with Gasteiger partial charge in [-0.15, -0.1) is 0 Å². The molecule has 0 aliphatic rings. The molecule has 0 saturated carbocycles. The van der Waals surface area contributed by atoms with E-state index in [9.17, 15) is 9.90 Å². The predicted molar refractivity (Wildman–Crippen MR) is 117 cm³/mol. The van der Waals surface area contributed by atoms with Gasteiger partial charge in [-0.05, 0) is 32.7 Å². The van der Waals surface area contributed by atoms with Crippen molar-refractivity contribution >= 4 is 34.6 Å².